The Hall–Kier alpha value is -1.17. The molecule has 0 saturated heterocycles. The molecule has 1 heterocycles. The highest BCUT2D eigenvalue weighted by molar-refractivity contribution is 6.31. The number of carbonyl (C=O) groups is 1. The Balaban J connectivity index is 3.12. The molecule has 0 unspecified atom stereocenters. The number of aliphatic carboxylic acids is 1. The minimum atomic E-state index is -2.77. The highest BCUT2D eigenvalue weighted by Crippen LogP contribution is 2.32. The summed E-state index contributed by atoms with van der Waals surface area (Å²) in [5.74, 6) is -1.07. The Morgan fingerprint density at radius 2 is 2.19 bits per heavy atom. The van der Waals surface area contributed by atoms with Crippen molar-refractivity contribution < 1.29 is 18.7 Å². The van der Waals surface area contributed by atoms with Gasteiger partial charge < -0.3 is 5.11 Å². The maximum Gasteiger partial charge on any atom is 0.305 e. The van der Waals surface area contributed by atoms with E-state index in [-0.39, 0.29) is 17.1 Å². The van der Waals surface area contributed by atoms with E-state index in [4.69, 9.17) is 16.7 Å². The lowest BCUT2D eigenvalue weighted by atomic mass is 10.2. The van der Waals surface area contributed by atoms with E-state index >= 15 is 0 Å². The van der Waals surface area contributed by atoms with Gasteiger partial charge in [-0.1, -0.05) is 11.6 Å². The first-order chi connectivity index (χ1) is 7.34. The van der Waals surface area contributed by atoms with Gasteiger partial charge in [-0.05, 0) is 13.8 Å². The minimum Gasteiger partial charge on any atom is -0.481 e. The Morgan fingerprint density at radius 3 is 2.62 bits per heavy atom. The number of aryl methyl sites for hydroxylation is 1. The standard InChI is InChI=1S/C9H11ClF2N2O2/c1-4(3-6(15)16)14-8(9(11)12)7(10)5(2)13-14/h4,9H,3H2,1-2H3,(H,15,16)/t4-/m1/s1. The van der Waals surface area contributed by atoms with Crippen LogP contribution in [0, 0.1) is 6.92 Å². The number of carboxylic acids is 1. The van der Waals surface area contributed by atoms with Crippen molar-refractivity contribution in [3.05, 3.63) is 16.4 Å². The van der Waals surface area contributed by atoms with Gasteiger partial charge in [0.15, 0.2) is 0 Å². The minimum absolute atomic E-state index is 0.104. The quantitative estimate of drug-likeness (QED) is 0.896. The van der Waals surface area contributed by atoms with E-state index in [1.807, 2.05) is 0 Å². The van der Waals surface area contributed by atoms with E-state index in [0.29, 0.717) is 0 Å². The molecule has 1 N–H and O–H groups in total. The van der Waals surface area contributed by atoms with Gasteiger partial charge in [-0.25, -0.2) is 8.78 Å². The average Bonchev–Trinajstić information content (AvgIpc) is 2.42. The van der Waals surface area contributed by atoms with Gasteiger partial charge in [-0.2, -0.15) is 5.10 Å². The van der Waals surface area contributed by atoms with Crippen LogP contribution in [0.15, 0.2) is 0 Å². The topological polar surface area (TPSA) is 55.1 Å². The van der Waals surface area contributed by atoms with Crippen LogP contribution in [0.2, 0.25) is 5.02 Å². The average molecular weight is 253 g/mol. The van der Waals surface area contributed by atoms with Crippen molar-refractivity contribution in [3.63, 3.8) is 0 Å². The summed E-state index contributed by atoms with van der Waals surface area (Å²) in [6.07, 6.45) is -3.05. The van der Waals surface area contributed by atoms with Gasteiger partial charge in [-0.15, -0.1) is 0 Å². The molecule has 0 fully saturated rings. The number of nitrogens with zero attached hydrogens (tertiary/aromatic N) is 2. The number of halogens is 3. The molecule has 16 heavy (non-hydrogen) atoms. The zero-order chi connectivity index (χ0) is 12.5. The van der Waals surface area contributed by atoms with E-state index in [1.165, 1.54) is 13.8 Å². The van der Waals surface area contributed by atoms with Crippen LogP contribution in [0.25, 0.3) is 0 Å². The maximum absolute atomic E-state index is 12.7. The van der Waals surface area contributed by atoms with E-state index in [0.717, 1.165) is 4.68 Å². The van der Waals surface area contributed by atoms with Crippen LogP contribution in [0.3, 0.4) is 0 Å². The Kier molecular flexibility index (Phi) is 3.85. The molecule has 1 aromatic heterocycles. The number of carboxylic acid groups (broad SMARTS) is 1. The summed E-state index contributed by atoms with van der Waals surface area (Å²) in [4.78, 5) is 10.5. The van der Waals surface area contributed by atoms with Crippen LogP contribution in [0.1, 0.15) is 37.2 Å². The first-order valence-electron chi connectivity index (χ1n) is 4.59. The van der Waals surface area contributed by atoms with Crippen LogP contribution in [0.5, 0.6) is 0 Å². The second-order valence-corrected chi connectivity index (χ2v) is 3.85. The fourth-order valence-electron chi connectivity index (χ4n) is 1.42. The van der Waals surface area contributed by atoms with E-state index in [2.05, 4.69) is 5.10 Å². The third-order valence-electron chi connectivity index (χ3n) is 2.14. The highest BCUT2D eigenvalue weighted by Gasteiger charge is 2.25. The summed E-state index contributed by atoms with van der Waals surface area (Å²) in [6, 6.07) is -0.660. The monoisotopic (exact) mass is 252 g/mol. The van der Waals surface area contributed by atoms with Gasteiger partial charge in [0, 0.05) is 0 Å². The lowest BCUT2D eigenvalue weighted by molar-refractivity contribution is -0.137. The lowest BCUT2D eigenvalue weighted by Crippen LogP contribution is -2.14. The molecule has 0 radical (unpaired) electrons. The molecule has 7 heteroatoms. The van der Waals surface area contributed by atoms with Crippen LogP contribution < -0.4 is 0 Å². The molecule has 0 aliphatic rings. The van der Waals surface area contributed by atoms with E-state index in [9.17, 15) is 13.6 Å². The molecule has 0 amide bonds. The fraction of sp³-hybridized carbons (Fsp3) is 0.556. The van der Waals surface area contributed by atoms with Crippen molar-refractivity contribution >= 4 is 17.6 Å². The fourth-order valence-corrected chi connectivity index (χ4v) is 1.62. The molecule has 0 aliphatic heterocycles. The van der Waals surface area contributed by atoms with E-state index in [1.54, 1.807) is 0 Å². The normalized spacial score (nSPS) is 13.1. The Morgan fingerprint density at radius 1 is 1.62 bits per heavy atom. The van der Waals surface area contributed by atoms with Gasteiger partial charge in [0.05, 0.1) is 23.2 Å². The van der Waals surface area contributed by atoms with Crippen LogP contribution >= 0.6 is 11.6 Å². The highest BCUT2D eigenvalue weighted by atomic mass is 35.5. The molecular formula is C9H11ClF2N2O2. The van der Waals surface area contributed by atoms with Crippen LogP contribution in [-0.2, 0) is 4.79 Å². The molecule has 4 nitrogen and oxygen atoms in total. The first-order valence-corrected chi connectivity index (χ1v) is 4.96. The number of alkyl halides is 2. The molecule has 0 aliphatic carbocycles. The predicted octanol–water partition coefficient (Wildman–Crippen LogP) is 2.82. The molecule has 0 bridgehead atoms. The Bertz CT molecular complexity index is 406. The van der Waals surface area contributed by atoms with Gasteiger partial charge in [0.25, 0.3) is 6.43 Å². The van der Waals surface area contributed by atoms with Crippen molar-refractivity contribution in [2.45, 2.75) is 32.7 Å². The zero-order valence-corrected chi connectivity index (χ0v) is 9.50. The molecule has 1 atom stereocenters. The molecule has 1 rings (SSSR count). The van der Waals surface area contributed by atoms with Gasteiger partial charge >= 0.3 is 5.97 Å². The summed E-state index contributed by atoms with van der Waals surface area (Å²) in [6.45, 7) is 3.00. The number of hydrogen-bond acceptors (Lipinski definition) is 2. The Labute approximate surface area is 95.8 Å². The second kappa shape index (κ2) is 4.78. The summed E-state index contributed by atoms with van der Waals surface area (Å²) in [5.41, 5.74) is -0.151. The lowest BCUT2D eigenvalue weighted by Gasteiger charge is -2.13. The smallest absolute Gasteiger partial charge is 0.305 e. The van der Waals surface area contributed by atoms with Gasteiger partial charge in [0.2, 0.25) is 0 Å². The third kappa shape index (κ3) is 2.49. The SMILES string of the molecule is Cc1nn([C@H](C)CC(=O)O)c(C(F)F)c1Cl. The third-order valence-corrected chi connectivity index (χ3v) is 2.61. The predicted molar refractivity (Wildman–Crippen MR) is 53.9 cm³/mol. The number of rotatable bonds is 4. The van der Waals surface area contributed by atoms with E-state index < -0.39 is 24.1 Å². The molecular weight excluding hydrogens is 242 g/mol. The molecule has 90 valence electrons. The summed E-state index contributed by atoms with van der Waals surface area (Å²) in [5, 5.41) is 12.3. The molecule has 0 spiro atoms. The van der Waals surface area contributed by atoms with Crippen molar-refractivity contribution in [1.29, 1.82) is 0 Å². The van der Waals surface area contributed by atoms with Crippen molar-refractivity contribution in [1.82, 2.24) is 9.78 Å². The summed E-state index contributed by atoms with van der Waals surface area (Å²) in [7, 11) is 0. The number of aromatic nitrogens is 2. The largest absolute Gasteiger partial charge is 0.481 e. The maximum atomic E-state index is 12.7. The zero-order valence-electron chi connectivity index (χ0n) is 8.75. The van der Waals surface area contributed by atoms with Crippen molar-refractivity contribution in [3.8, 4) is 0 Å². The van der Waals surface area contributed by atoms with Gasteiger partial charge in [0.1, 0.15) is 5.69 Å². The van der Waals surface area contributed by atoms with Crippen molar-refractivity contribution in [2.75, 3.05) is 0 Å². The molecule has 0 aromatic carbocycles. The first kappa shape index (κ1) is 12.9. The van der Waals surface area contributed by atoms with Crippen LogP contribution in [-0.4, -0.2) is 20.9 Å². The molecule has 0 saturated carbocycles. The van der Waals surface area contributed by atoms with Gasteiger partial charge in [-0.3, -0.25) is 9.48 Å². The molecule has 1 aromatic rings. The van der Waals surface area contributed by atoms with Crippen LogP contribution in [0.4, 0.5) is 8.78 Å². The summed E-state index contributed by atoms with van der Waals surface area (Å²) >= 11 is 5.68. The number of hydrogen-bond donors (Lipinski definition) is 1. The second-order valence-electron chi connectivity index (χ2n) is 3.48. The van der Waals surface area contributed by atoms with Crippen molar-refractivity contribution in [2.24, 2.45) is 0 Å². The summed E-state index contributed by atoms with van der Waals surface area (Å²) < 4.78 is 26.4.